The second-order valence-electron chi connectivity index (χ2n) is 9.31. The van der Waals surface area contributed by atoms with E-state index in [-0.39, 0.29) is 40.5 Å². The van der Waals surface area contributed by atoms with Crippen LogP contribution >= 0.6 is 0 Å². The Kier molecular flexibility index (Phi) is 8.72. The topological polar surface area (TPSA) is 237 Å². The summed E-state index contributed by atoms with van der Waals surface area (Å²) in [6, 6.07) is 10.9. The smallest absolute Gasteiger partial charge is 0.336 e. The van der Waals surface area contributed by atoms with Gasteiger partial charge in [-0.15, -0.1) is 0 Å². The average Bonchev–Trinajstić information content (AvgIpc) is 2.94. The number of nitrogens with one attached hydrogen (secondary N) is 3. The number of nitrogens with zero attached hydrogens (tertiary/aromatic N) is 4. The van der Waals surface area contributed by atoms with Crippen LogP contribution in [-0.2, 0) is 6.54 Å². The Hall–Kier alpha value is -5.53. The molecule has 0 aliphatic heterocycles. The van der Waals surface area contributed by atoms with Gasteiger partial charge in [-0.3, -0.25) is 9.59 Å². The highest BCUT2D eigenvalue weighted by molar-refractivity contribution is 6.05. The van der Waals surface area contributed by atoms with Crippen LogP contribution in [0.4, 0.5) is 23.1 Å². The number of carbonyl (C=O) groups excluding carboxylic acids is 2. The molecule has 41 heavy (non-hydrogen) atoms. The number of anilines is 4. The molecule has 0 bridgehead atoms. The summed E-state index contributed by atoms with van der Waals surface area (Å²) in [5.74, 6) is -1.76. The first-order chi connectivity index (χ1) is 19.6. The van der Waals surface area contributed by atoms with Crippen molar-refractivity contribution >= 4 is 52.1 Å². The fourth-order valence-electron chi connectivity index (χ4n) is 4.02. The first-order valence-corrected chi connectivity index (χ1v) is 12.7. The molecule has 0 unspecified atom stereocenters. The van der Waals surface area contributed by atoms with Gasteiger partial charge in [-0.05, 0) is 62.2 Å². The Balaban J connectivity index is 1.22. The normalized spacial score (nSPS) is 11.5. The monoisotopic (exact) mass is 558 g/mol. The predicted molar refractivity (Wildman–Crippen MR) is 154 cm³/mol. The lowest BCUT2D eigenvalue weighted by atomic mass is 10.1. The number of carbonyl (C=O) groups is 3. The third kappa shape index (κ3) is 7.32. The molecule has 2 amide bonds. The highest BCUT2D eigenvalue weighted by Crippen LogP contribution is 2.17. The number of aromatic carboxylic acids is 1. The molecule has 2 aromatic heterocycles. The zero-order valence-corrected chi connectivity index (χ0v) is 22.2. The molecule has 10 N–H and O–H groups in total. The summed E-state index contributed by atoms with van der Waals surface area (Å²) in [7, 11) is 0. The van der Waals surface area contributed by atoms with Gasteiger partial charge in [0.1, 0.15) is 0 Å². The highest BCUT2D eigenvalue weighted by atomic mass is 16.4. The fraction of sp³-hybridized carbons (Fsp3) is 0.222. The minimum atomic E-state index is -1.23. The van der Waals surface area contributed by atoms with Crippen molar-refractivity contribution in [2.45, 2.75) is 32.4 Å². The van der Waals surface area contributed by atoms with Crippen molar-refractivity contribution in [2.24, 2.45) is 0 Å². The van der Waals surface area contributed by atoms with E-state index in [0.29, 0.717) is 48.4 Å². The molecule has 14 heteroatoms. The summed E-state index contributed by atoms with van der Waals surface area (Å²) >= 11 is 0. The second-order valence-corrected chi connectivity index (χ2v) is 9.31. The summed E-state index contributed by atoms with van der Waals surface area (Å²) < 4.78 is 0. The number of amides is 2. The van der Waals surface area contributed by atoms with E-state index in [1.54, 1.807) is 30.5 Å². The minimum absolute atomic E-state index is 0.0326. The maximum absolute atomic E-state index is 12.7. The summed E-state index contributed by atoms with van der Waals surface area (Å²) in [6.07, 6.45) is 2.76. The Morgan fingerprint density at radius 2 is 1.71 bits per heavy atom. The van der Waals surface area contributed by atoms with Gasteiger partial charge >= 0.3 is 5.97 Å². The van der Waals surface area contributed by atoms with Crippen LogP contribution in [0.3, 0.4) is 0 Å². The van der Waals surface area contributed by atoms with E-state index in [2.05, 4.69) is 35.9 Å². The van der Waals surface area contributed by atoms with Gasteiger partial charge in [0, 0.05) is 29.5 Å². The van der Waals surface area contributed by atoms with Crippen LogP contribution in [0.25, 0.3) is 11.2 Å². The van der Waals surface area contributed by atoms with E-state index < -0.39 is 11.9 Å². The zero-order valence-electron chi connectivity index (χ0n) is 22.2. The summed E-state index contributed by atoms with van der Waals surface area (Å²) in [4.78, 5) is 53.0. The molecule has 0 saturated carbocycles. The summed E-state index contributed by atoms with van der Waals surface area (Å²) in [5, 5.41) is 18.2. The first kappa shape index (κ1) is 28.5. The van der Waals surface area contributed by atoms with E-state index in [1.807, 2.05) is 6.92 Å². The SMILES string of the molecule is C[C@H](CCCNC(=O)c1ccc(N)cc1C(=O)O)NC(=O)c1ccc(NCc2cnc3nc(N)nc(N)c3n2)cc1. The van der Waals surface area contributed by atoms with Gasteiger partial charge in [0.05, 0.1) is 29.6 Å². The standard InChI is InChI=1S/C27H30N10O4/c1-14(3-2-10-31-25(39)19-9-6-16(28)11-20(19)26(40)41)34-24(38)15-4-7-17(8-5-15)32-12-18-13-33-23-21(35-18)22(29)36-27(30)37-23/h4-9,11,13-14,32H,2-3,10,12,28H2,1H3,(H,31,39)(H,34,38)(H,40,41)(H4,29,30,33,36,37)/t14-/m1/s1. The Morgan fingerprint density at radius 3 is 2.44 bits per heavy atom. The molecule has 4 aromatic rings. The molecule has 2 heterocycles. The third-order valence-corrected chi connectivity index (χ3v) is 6.12. The van der Waals surface area contributed by atoms with Crippen molar-refractivity contribution in [1.29, 1.82) is 0 Å². The average molecular weight is 559 g/mol. The van der Waals surface area contributed by atoms with Crippen molar-refractivity contribution in [3.8, 4) is 0 Å². The second kappa shape index (κ2) is 12.5. The number of carboxylic acids is 1. The van der Waals surface area contributed by atoms with E-state index in [0.717, 1.165) is 5.69 Å². The minimum Gasteiger partial charge on any atom is -0.478 e. The largest absolute Gasteiger partial charge is 0.478 e. The quantitative estimate of drug-likeness (QED) is 0.103. The molecule has 0 radical (unpaired) electrons. The van der Waals surface area contributed by atoms with Crippen molar-refractivity contribution in [3.05, 3.63) is 71.0 Å². The third-order valence-electron chi connectivity index (χ3n) is 6.12. The maximum Gasteiger partial charge on any atom is 0.336 e. The predicted octanol–water partition coefficient (Wildman–Crippen LogP) is 1.81. The Labute approximate surface area is 234 Å². The van der Waals surface area contributed by atoms with Crippen LogP contribution < -0.4 is 33.2 Å². The zero-order chi connectivity index (χ0) is 29.5. The molecule has 0 saturated heterocycles. The molecule has 0 fully saturated rings. The van der Waals surface area contributed by atoms with Crippen molar-refractivity contribution in [3.63, 3.8) is 0 Å². The van der Waals surface area contributed by atoms with Gasteiger partial charge in [-0.1, -0.05) is 0 Å². The highest BCUT2D eigenvalue weighted by Gasteiger charge is 2.17. The number of nitrogen functional groups attached to an aromatic ring is 3. The van der Waals surface area contributed by atoms with Crippen LogP contribution in [0, 0.1) is 0 Å². The number of aromatic nitrogens is 4. The van der Waals surface area contributed by atoms with E-state index in [4.69, 9.17) is 17.2 Å². The molecule has 212 valence electrons. The number of benzene rings is 2. The molecule has 4 rings (SSSR count). The van der Waals surface area contributed by atoms with Gasteiger partial charge in [0.2, 0.25) is 5.95 Å². The van der Waals surface area contributed by atoms with E-state index in [9.17, 15) is 19.5 Å². The molecule has 0 aliphatic rings. The van der Waals surface area contributed by atoms with Crippen molar-refractivity contribution < 1.29 is 19.5 Å². The number of rotatable bonds is 11. The lowest BCUT2D eigenvalue weighted by Gasteiger charge is -2.15. The van der Waals surface area contributed by atoms with E-state index in [1.165, 1.54) is 18.2 Å². The molecular formula is C27H30N10O4. The van der Waals surface area contributed by atoms with Crippen molar-refractivity contribution in [2.75, 3.05) is 29.1 Å². The Bertz CT molecular complexity index is 1590. The molecule has 2 aromatic carbocycles. The first-order valence-electron chi connectivity index (χ1n) is 12.7. The van der Waals surface area contributed by atoms with Gasteiger partial charge in [0.25, 0.3) is 11.8 Å². The summed E-state index contributed by atoms with van der Waals surface area (Å²) in [5.41, 5.74) is 19.8. The number of carboxylic acid groups (broad SMARTS) is 1. The maximum atomic E-state index is 12.7. The molecule has 14 nitrogen and oxygen atoms in total. The number of fused-ring (bicyclic) bond motifs is 1. The van der Waals surface area contributed by atoms with Gasteiger partial charge < -0.3 is 38.3 Å². The molecule has 0 spiro atoms. The van der Waals surface area contributed by atoms with Crippen LogP contribution in [0.5, 0.6) is 0 Å². The fourth-order valence-corrected chi connectivity index (χ4v) is 4.02. The number of hydrogen-bond acceptors (Lipinski definition) is 11. The molecular weight excluding hydrogens is 528 g/mol. The van der Waals surface area contributed by atoms with Crippen LogP contribution in [0.15, 0.2) is 48.7 Å². The van der Waals surface area contributed by atoms with E-state index >= 15 is 0 Å². The lowest BCUT2D eigenvalue weighted by molar-refractivity contribution is 0.0691. The van der Waals surface area contributed by atoms with Gasteiger partial charge in [0.15, 0.2) is 17.0 Å². The van der Waals surface area contributed by atoms with Gasteiger partial charge in [-0.2, -0.15) is 9.97 Å². The molecule has 0 aliphatic carbocycles. The lowest BCUT2D eigenvalue weighted by Crippen LogP contribution is -2.33. The van der Waals surface area contributed by atoms with Crippen LogP contribution in [-0.4, -0.2) is 55.4 Å². The van der Waals surface area contributed by atoms with Crippen molar-refractivity contribution in [1.82, 2.24) is 30.6 Å². The van der Waals surface area contributed by atoms with Gasteiger partial charge in [-0.25, -0.2) is 14.8 Å². The summed E-state index contributed by atoms with van der Waals surface area (Å²) in [6.45, 7) is 2.55. The van der Waals surface area contributed by atoms with Crippen LogP contribution in [0.1, 0.15) is 56.5 Å². The molecule has 1 atom stereocenters. The Morgan fingerprint density at radius 1 is 0.951 bits per heavy atom. The number of nitrogens with two attached hydrogens (primary N) is 3. The number of hydrogen-bond donors (Lipinski definition) is 7. The van der Waals surface area contributed by atoms with Crippen LogP contribution in [0.2, 0.25) is 0 Å².